The van der Waals surface area contributed by atoms with Gasteiger partial charge in [0.05, 0.1) is 11.3 Å². The van der Waals surface area contributed by atoms with Crippen molar-refractivity contribution in [3.63, 3.8) is 0 Å². The van der Waals surface area contributed by atoms with Gasteiger partial charge in [-0.3, -0.25) is 9.59 Å². The molecule has 0 aliphatic heterocycles. The van der Waals surface area contributed by atoms with E-state index in [0.29, 0.717) is 11.6 Å². The molecule has 0 saturated heterocycles. The van der Waals surface area contributed by atoms with Gasteiger partial charge in [-0.05, 0) is 51.5 Å². The number of halogens is 3. The highest BCUT2D eigenvalue weighted by Gasteiger charge is 2.31. The number of hydrogen-bond donors (Lipinski definition) is 1. The third-order valence-electron chi connectivity index (χ3n) is 4.43. The van der Waals surface area contributed by atoms with Crippen molar-refractivity contribution in [2.75, 3.05) is 11.9 Å². The van der Waals surface area contributed by atoms with Crippen LogP contribution in [0.15, 0.2) is 24.3 Å². The van der Waals surface area contributed by atoms with E-state index in [9.17, 15) is 22.8 Å². The average molecular weight is 413 g/mol. The number of anilines is 1. The molecule has 152 valence electrons. The minimum absolute atomic E-state index is 0.0991. The Morgan fingerprint density at radius 1 is 1.21 bits per heavy atom. The molecule has 5 nitrogen and oxygen atoms in total. The monoisotopic (exact) mass is 413 g/mol. The normalized spacial score (nSPS) is 12.5. The number of carbonyl (C=O) groups excluding carboxylic acids is 2. The van der Waals surface area contributed by atoms with Crippen molar-refractivity contribution in [1.29, 1.82) is 0 Å². The number of amides is 2. The summed E-state index contributed by atoms with van der Waals surface area (Å²) in [5.74, 6) is -0.904. The van der Waals surface area contributed by atoms with Gasteiger partial charge in [-0.25, -0.2) is 4.98 Å². The quantitative estimate of drug-likeness (QED) is 0.749. The standard InChI is InChI=1S/C19H22F3N3O2S/c1-5-11(2)25(10-16(26)24-18-23-12(3)13(4)28-18)17(27)14-6-8-15(9-7-14)19(20,21)22/h6-9,11H,5,10H2,1-4H3,(H,23,24,26)/t11-/m0/s1. The molecule has 0 spiro atoms. The number of aryl methyl sites for hydroxylation is 2. The number of hydrogen-bond acceptors (Lipinski definition) is 4. The number of rotatable bonds is 6. The first-order valence-corrected chi connectivity index (χ1v) is 9.56. The molecule has 2 rings (SSSR count). The van der Waals surface area contributed by atoms with Crippen molar-refractivity contribution in [1.82, 2.24) is 9.88 Å². The van der Waals surface area contributed by atoms with E-state index in [1.165, 1.54) is 16.2 Å². The van der Waals surface area contributed by atoms with Gasteiger partial charge in [0, 0.05) is 16.5 Å². The first-order chi connectivity index (χ1) is 13.0. The van der Waals surface area contributed by atoms with E-state index in [0.717, 1.165) is 34.8 Å². The highest BCUT2D eigenvalue weighted by molar-refractivity contribution is 7.15. The zero-order chi connectivity index (χ0) is 21.1. The highest BCUT2D eigenvalue weighted by atomic mass is 32.1. The number of thiazole rings is 1. The van der Waals surface area contributed by atoms with E-state index in [4.69, 9.17) is 0 Å². The lowest BCUT2D eigenvalue weighted by Crippen LogP contribution is -2.43. The number of alkyl halides is 3. The number of aromatic nitrogens is 1. The molecule has 0 fully saturated rings. The van der Waals surface area contributed by atoms with Gasteiger partial charge in [-0.2, -0.15) is 13.2 Å². The van der Waals surface area contributed by atoms with Crippen molar-refractivity contribution >= 4 is 28.3 Å². The lowest BCUT2D eigenvalue weighted by molar-refractivity contribution is -0.137. The average Bonchev–Trinajstić information content (AvgIpc) is 2.95. The second-order valence-corrected chi connectivity index (χ2v) is 7.68. The largest absolute Gasteiger partial charge is 0.416 e. The molecule has 2 amide bonds. The van der Waals surface area contributed by atoms with Gasteiger partial charge >= 0.3 is 6.18 Å². The first kappa shape index (κ1) is 21.9. The van der Waals surface area contributed by atoms with E-state index in [-0.39, 0.29) is 18.2 Å². The molecule has 2 aromatic rings. The molecule has 0 aliphatic carbocycles. The van der Waals surface area contributed by atoms with Gasteiger partial charge in [0.2, 0.25) is 5.91 Å². The summed E-state index contributed by atoms with van der Waals surface area (Å²) in [5, 5.41) is 3.12. The molecule has 1 aromatic heterocycles. The molecule has 1 atom stereocenters. The number of benzene rings is 1. The van der Waals surface area contributed by atoms with Crippen molar-refractivity contribution < 1.29 is 22.8 Å². The lowest BCUT2D eigenvalue weighted by atomic mass is 10.1. The van der Waals surface area contributed by atoms with Crippen LogP contribution < -0.4 is 5.32 Å². The van der Waals surface area contributed by atoms with Crippen LogP contribution in [0.3, 0.4) is 0 Å². The number of carbonyl (C=O) groups is 2. The van der Waals surface area contributed by atoms with E-state index in [1.807, 2.05) is 20.8 Å². The fraction of sp³-hybridized carbons (Fsp3) is 0.421. The van der Waals surface area contributed by atoms with Crippen LogP contribution in [-0.2, 0) is 11.0 Å². The third-order valence-corrected chi connectivity index (χ3v) is 5.42. The summed E-state index contributed by atoms with van der Waals surface area (Å²) in [6.45, 7) is 7.16. The Kier molecular flexibility index (Phi) is 6.82. The maximum atomic E-state index is 12.8. The van der Waals surface area contributed by atoms with E-state index >= 15 is 0 Å². The van der Waals surface area contributed by atoms with Gasteiger partial charge in [0.15, 0.2) is 5.13 Å². The van der Waals surface area contributed by atoms with Crippen LogP contribution in [0.1, 0.15) is 46.8 Å². The van der Waals surface area contributed by atoms with Crippen LogP contribution in [0.4, 0.5) is 18.3 Å². The predicted octanol–water partition coefficient (Wildman–Crippen LogP) is 4.66. The molecule has 0 unspecified atom stereocenters. The minimum Gasteiger partial charge on any atom is -0.327 e. The van der Waals surface area contributed by atoms with Crippen LogP contribution in [0.5, 0.6) is 0 Å². The van der Waals surface area contributed by atoms with Crippen molar-refractivity contribution in [3.05, 3.63) is 46.0 Å². The van der Waals surface area contributed by atoms with Crippen LogP contribution in [-0.4, -0.2) is 34.3 Å². The van der Waals surface area contributed by atoms with Gasteiger partial charge < -0.3 is 10.2 Å². The Hall–Kier alpha value is -2.42. The molecule has 0 radical (unpaired) electrons. The summed E-state index contributed by atoms with van der Waals surface area (Å²) in [4.78, 5) is 31.8. The first-order valence-electron chi connectivity index (χ1n) is 8.75. The second kappa shape index (κ2) is 8.72. The summed E-state index contributed by atoms with van der Waals surface area (Å²) >= 11 is 1.34. The molecular weight excluding hydrogens is 391 g/mol. The van der Waals surface area contributed by atoms with Gasteiger partial charge in [-0.15, -0.1) is 11.3 Å². The summed E-state index contributed by atoms with van der Waals surface area (Å²) in [6.07, 6.45) is -3.88. The molecule has 1 heterocycles. The molecule has 0 bridgehead atoms. The van der Waals surface area contributed by atoms with E-state index in [2.05, 4.69) is 10.3 Å². The molecule has 0 aliphatic rings. The van der Waals surface area contributed by atoms with Crippen molar-refractivity contribution in [3.8, 4) is 0 Å². The smallest absolute Gasteiger partial charge is 0.327 e. The maximum absolute atomic E-state index is 12.8. The van der Waals surface area contributed by atoms with E-state index < -0.39 is 23.6 Å². The Balaban J connectivity index is 2.15. The summed E-state index contributed by atoms with van der Waals surface area (Å²) < 4.78 is 38.2. The fourth-order valence-electron chi connectivity index (χ4n) is 2.46. The fourth-order valence-corrected chi connectivity index (χ4v) is 3.29. The number of nitrogens with one attached hydrogen (secondary N) is 1. The second-order valence-electron chi connectivity index (χ2n) is 6.47. The van der Waals surface area contributed by atoms with Crippen LogP contribution >= 0.6 is 11.3 Å². The Bertz CT molecular complexity index is 828. The number of nitrogens with zero attached hydrogens (tertiary/aromatic N) is 2. The predicted molar refractivity (Wildman–Crippen MR) is 102 cm³/mol. The van der Waals surface area contributed by atoms with Gasteiger partial charge in [-0.1, -0.05) is 6.92 Å². The van der Waals surface area contributed by atoms with Crippen molar-refractivity contribution in [2.24, 2.45) is 0 Å². The zero-order valence-electron chi connectivity index (χ0n) is 16.1. The Morgan fingerprint density at radius 3 is 2.29 bits per heavy atom. The van der Waals surface area contributed by atoms with Crippen LogP contribution in [0.25, 0.3) is 0 Å². The lowest BCUT2D eigenvalue weighted by Gasteiger charge is -2.28. The molecule has 0 saturated carbocycles. The summed E-state index contributed by atoms with van der Waals surface area (Å²) in [5.41, 5.74) is 0.0911. The Labute approximate surface area is 165 Å². The van der Waals surface area contributed by atoms with Crippen molar-refractivity contribution in [2.45, 2.75) is 46.3 Å². The minimum atomic E-state index is -4.47. The molecule has 1 N–H and O–H groups in total. The zero-order valence-corrected chi connectivity index (χ0v) is 16.9. The van der Waals surface area contributed by atoms with E-state index in [1.54, 1.807) is 6.92 Å². The molecular formula is C19H22F3N3O2S. The topological polar surface area (TPSA) is 62.3 Å². The summed E-state index contributed by atoms with van der Waals surface area (Å²) in [6, 6.07) is 3.73. The maximum Gasteiger partial charge on any atom is 0.416 e. The van der Waals surface area contributed by atoms with Crippen LogP contribution in [0, 0.1) is 13.8 Å². The molecule has 9 heteroatoms. The van der Waals surface area contributed by atoms with Gasteiger partial charge in [0.1, 0.15) is 6.54 Å². The Morgan fingerprint density at radius 2 is 1.82 bits per heavy atom. The van der Waals surface area contributed by atoms with Crippen LogP contribution in [0.2, 0.25) is 0 Å². The molecule has 1 aromatic carbocycles. The van der Waals surface area contributed by atoms with Gasteiger partial charge in [0.25, 0.3) is 5.91 Å². The third kappa shape index (κ3) is 5.31. The summed E-state index contributed by atoms with van der Waals surface area (Å²) in [7, 11) is 0. The SMILES string of the molecule is CC[C@H](C)N(CC(=O)Nc1nc(C)c(C)s1)C(=O)c1ccc(C(F)(F)F)cc1. The highest BCUT2D eigenvalue weighted by Crippen LogP contribution is 2.29. The molecule has 28 heavy (non-hydrogen) atoms.